The van der Waals surface area contributed by atoms with Gasteiger partial charge in [0.2, 0.25) is 35.5 Å². The molecule has 58 heavy (non-hydrogen) atoms. The highest BCUT2D eigenvalue weighted by Crippen LogP contribution is 2.12. The third kappa shape index (κ3) is 14.1. The molecule has 0 spiro atoms. The lowest BCUT2D eigenvalue weighted by atomic mass is 10.1. The van der Waals surface area contributed by atoms with Crippen LogP contribution in [-0.2, 0) is 30.5 Å². The number of anilines is 2. The summed E-state index contributed by atoms with van der Waals surface area (Å²) in [7, 11) is 0. The number of aromatic nitrogens is 4. The van der Waals surface area contributed by atoms with Crippen molar-refractivity contribution < 1.29 is 28.8 Å². The molecule has 0 radical (unpaired) electrons. The van der Waals surface area contributed by atoms with Crippen molar-refractivity contribution in [3.8, 4) is 12.3 Å². The number of nitrogens with two attached hydrogens (primary N) is 1. The molecule has 312 valence electrons. The maximum atomic E-state index is 13.2. The number of carbonyl (C=O) groups is 6. The quantitative estimate of drug-likeness (QED) is 0.0366. The number of nitrogens with zero attached hydrogens (tertiary/aromatic N) is 3. The molecule has 0 unspecified atom stereocenters. The summed E-state index contributed by atoms with van der Waals surface area (Å²) in [5, 5.41) is 19.2. The molecular weight excluding hydrogens is 769 g/mol. The lowest BCUT2D eigenvalue weighted by molar-refractivity contribution is -0.134. The van der Waals surface area contributed by atoms with Crippen LogP contribution in [0.1, 0.15) is 82.3 Å². The summed E-state index contributed by atoms with van der Waals surface area (Å²) in [6.07, 6.45) is 7.79. The number of amides is 6. The Bertz CT molecular complexity index is 2020. The summed E-state index contributed by atoms with van der Waals surface area (Å²) in [5.41, 5.74) is 6.83. The topological polar surface area (TPSA) is 284 Å². The zero-order chi connectivity index (χ0) is 42.8. The fourth-order valence-corrected chi connectivity index (χ4v) is 5.49. The van der Waals surface area contributed by atoms with Crippen LogP contribution in [0.2, 0.25) is 0 Å². The number of carbonyl (C=O) groups excluding carboxylic acids is 6. The summed E-state index contributed by atoms with van der Waals surface area (Å²) in [6.45, 7) is 7.33. The van der Waals surface area contributed by atoms with E-state index < -0.39 is 53.4 Å². The van der Waals surface area contributed by atoms with E-state index in [1.807, 2.05) is 0 Å². The molecule has 0 aliphatic heterocycles. The summed E-state index contributed by atoms with van der Waals surface area (Å²) in [5.74, 6) is -0.348. The zero-order valence-corrected chi connectivity index (χ0v) is 33.8. The van der Waals surface area contributed by atoms with Gasteiger partial charge in [0.25, 0.3) is 11.5 Å². The molecule has 2 heterocycles. The Kier molecular flexibility index (Phi) is 18.4. The molecule has 3 rings (SSSR count). The first-order valence-electron chi connectivity index (χ1n) is 18.9. The van der Waals surface area contributed by atoms with E-state index >= 15 is 0 Å². The SMILES string of the molecule is C#CC[C@H](NC(=O)[C@H](CC)NC(=O)CCCNC(=O)c1ccc(NCc2cnc3nc(N)[nH]c(=O)c3n2)cc1)C(=O)N[C@@H](CC)C(=O)N[C@@H](CC)C(=O)N[C@H](C)CS. The number of terminal acetylenes is 1. The average Bonchev–Trinajstić information content (AvgIpc) is 3.21. The number of aromatic amines is 1. The van der Waals surface area contributed by atoms with Crippen LogP contribution < -0.4 is 48.5 Å². The maximum Gasteiger partial charge on any atom is 0.280 e. The van der Waals surface area contributed by atoms with E-state index in [2.05, 4.69) is 75.7 Å². The fraction of sp³-hybridized carbons (Fsp3) is 0.474. The van der Waals surface area contributed by atoms with E-state index in [4.69, 9.17) is 12.2 Å². The zero-order valence-electron chi connectivity index (χ0n) is 32.9. The van der Waals surface area contributed by atoms with E-state index in [0.717, 1.165) is 0 Å². The van der Waals surface area contributed by atoms with Crippen LogP contribution in [0.15, 0.2) is 35.3 Å². The van der Waals surface area contributed by atoms with Gasteiger partial charge in [0, 0.05) is 42.4 Å². The van der Waals surface area contributed by atoms with E-state index in [9.17, 15) is 33.6 Å². The van der Waals surface area contributed by atoms with Crippen molar-refractivity contribution in [2.24, 2.45) is 0 Å². The highest BCUT2D eigenvalue weighted by Gasteiger charge is 2.30. The Morgan fingerprint density at radius 1 is 0.845 bits per heavy atom. The van der Waals surface area contributed by atoms with E-state index in [1.54, 1.807) is 52.0 Å². The van der Waals surface area contributed by atoms with Crippen LogP contribution in [0.3, 0.4) is 0 Å². The van der Waals surface area contributed by atoms with Gasteiger partial charge in [-0.05, 0) is 56.9 Å². The van der Waals surface area contributed by atoms with Crippen LogP contribution in [-0.4, -0.2) is 97.9 Å². The molecule has 6 amide bonds. The molecule has 0 fully saturated rings. The standard InChI is InChI=1S/C38H52N12O7S/c1-6-11-28(36(56)47-27(9-4)35(55)46-26(8-3)33(53)43-21(5)20-58)48-34(54)25(7-2)45-29(51)12-10-17-40-32(52)22-13-15-23(16-14-22)41-18-24-19-42-31-30(44-24)37(57)50-38(39)49-31/h1,13-16,19,21,25-28,41,58H,7-12,17-18,20H2,2-5H3,(H,40,52)(H,43,53)(H,45,51)(H,46,55)(H,47,56)(H,48,54)(H3,39,42,49,50,57)/t21-,25+,26+,27+,28+/m1/s1. The second-order valence-electron chi connectivity index (χ2n) is 13.3. The van der Waals surface area contributed by atoms with Crippen molar-refractivity contribution in [2.75, 3.05) is 23.3 Å². The van der Waals surface area contributed by atoms with E-state index in [0.29, 0.717) is 29.1 Å². The molecule has 1 aromatic carbocycles. The summed E-state index contributed by atoms with van der Waals surface area (Å²) >= 11 is 4.16. The number of fused-ring (bicyclic) bond motifs is 1. The Hall–Kier alpha value is -6.23. The molecule has 10 N–H and O–H groups in total. The lowest BCUT2D eigenvalue weighted by Crippen LogP contribution is -2.58. The molecule has 0 aliphatic carbocycles. The van der Waals surface area contributed by atoms with Gasteiger partial charge < -0.3 is 43.0 Å². The smallest absolute Gasteiger partial charge is 0.280 e. The summed E-state index contributed by atoms with van der Waals surface area (Å²) < 4.78 is 0. The molecule has 19 nitrogen and oxygen atoms in total. The first-order valence-corrected chi connectivity index (χ1v) is 19.5. The normalized spacial score (nSPS) is 13.4. The third-order valence-electron chi connectivity index (χ3n) is 8.73. The third-order valence-corrected chi connectivity index (χ3v) is 9.28. The molecule has 0 saturated carbocycles. The minimum absolute atomic E-state index is 0.00575. The lowest BCUT2D eigenvalue weighted by Gasteiger charge is -2.25. The van der Waals surface area contributed by atoms with Gasteiger partial charge in [-0.15, -0.1) is 12.3 Å². The Morgan fingerprint density at radius 3 is 2.00 bits per heavy atom. The number of rotatable bonds is 22. The fourth-order valence-electron chi connectivity index (χ4n) is 5.40. The maximum absolute atomic E-state index is 13.2. The van der Waals surface area contributed by atoms with Crippen molar-refractivity contribution in [2.45, 2.75) is 103 Å². The monoisotopic (exact) mass is 820 g/mol. The van der Waals surface area contributed by atoms with Gasteiger partial charge in [-0.25, -0.2) is 9.97 Å². The predicted molar refractivity (Wildman–Crippen MR) is 221 cm³/mol. The average molecular weight is 821 g/mol. The van der Waals surface area contributed by atoms with Gasteiger partial charge in [-0.2, -0.15) is 17.6 Å². The molecule has 5 atom stereocenters. The number of nitrogen functional groups attached to an aromatic ring is 1. The van der Waals surface area contributed by atoms with Gasteiger partial charge >= 0.3 is 0 Å². The van der Waals surface area contributed by atoms with Crippen molar-refractivity contribution in [3.63, 3.8) is 0 Å². The van der Waals surface area contributed by atoms with Gasteiger partial charge in [-0.1, -0.05) is 20.8 Å². The van der Waals surface area contributed by atoms with Crippen LogP contribution in [0, 0.1) is 12.3 Å². The van der Waals surface area contributed by atoms with Crippen LogP contribution in [0.25, 0.3) is 11.2 Å². The van der Waals surface area contributed by atoms with Crippen LogP contribution in [0.4, 0.5) is 11.6 Å². The predicted octanol–water partition coefficient (Wildman–Crippen LogP) is 0.0444. The van der Waals surface area contributed by atoms with Crippen molar-refractivity contribution in [3.05, 3.63) is 52.1 Å². The highest BCUT2D eigenvalue weighted by atomic mass is 32.1. The second-order valence-corrected chi connectivity index (χ2v) is 13.7. The molecule has 0 saturated heterocycles. The Morgan fingerprint density at radius 2 is 1.41 bits per heavy atom. The molecule has 0 bridgehead atoms. The van der Waals surface area contributed by atoms with E-state index in [-0.39, 0.29) is 80.2 Å². The Labute approximate surface area is 341 Å². The number of benzene rings is 1. The molecule has 3 aromatic rings. The minimum atomic E-state index is -1.20. The molecule has 2 aromatic heterocycles. The van der Waals surface area contributed by atoms with Crippen LogP contribution >= 0.6 is 12.6 Å². The summed E-state index contributed by atoms with van der Waals surface area (Å²) in [6, 6.07) is 2.44. The number of thiol groups is 1. The number of hydrogen-bond acceptors (Lipinski definition) is 13. The summed E-state index contributed by atoms with van der Waals surface area (Å²) in [4.78, 5) is 104. The van der Waals surface area contributed by atoms with Crippen molar-refractivity contribution in [1.29, 1.82) is 0 Å². The second kappa shape index (κ2) is 23.1. The highest BCUT2D eigenvalue weighted by molar-refractivity contribution is 7.80. The minimum Gasteiger partial charge on any atom is -0.379 e. The molecular formula is C38H52N12O7S. The number of hydrogen-bond donors (Lipinski definition) is 10. The van der Waals surface area contributed by atoms with Crippen molar-refractivity contribution in [1.82, 2.24) is 51.8 Å². The van der Waals surface area contributed by atoms with E-state index in [1.165, 1.54) is 6.20 Å². The van der Waals surface area contributed by atoms with Gasteiger partial charge in [0.15, 0.2) is 11.2 Å². The largest absolute Gasteiger partial charge is 0.379 e. The van der Waals surface area contributed by atoms with Crippen molar-refractivity contribution >= 4 is 70.9 Å². The van der Waals surface area contributed by atoms with Gasteiger partial charge in [0.1, 0.15) is 24.2 Å². The van der Waals surface area contributed by atoms with Crippen LogP contribution in [0.5, 0.6) is 0 Å². The number of nitrogens with one attached hydrogen (secondary N) is 8. The number of H-pyrrole nitrogens is 1. The molecule has 20 heteroatoms. The first kappa shape index (κ1) is 46.2. The first-order chi connectivity index (χ1) is 27.7. The van der Waals surface area contributed by atoms with Gasteiger partial charge in [-0.3, -0.25) is 38.5 Å². The van der Waals surface area contributed by atoms with Gasteiger partial charge in [0.05, 0.1) is 18.4 Å². The molecule has 0 aliphatic rings. The Balaban J connectivity index is 1.44.